The second-order valence-electron chi connectivity index (χ2n) is 9.28. The number of methoxy groups -OCH3 is 1. The van der Waals surface area contributed by atoms with Gasteiger partial charge in [-0.15, -0.1) is 0 Å². The predicted octanol–water partition coefficient (Wildman–Crippen LogP) is 3.25. The van der Waals surface area contributed by atoms with E-state index >= 15 is 0 Å². The molecule has 2 aromatic rings. The van der Waals surface area contributed by atoms with Crippen LogP contribution in [-0.4, -0.2) is 71.7 Å². The number of carbonyl (C=O) groups excluding carboxylic acids is 3. The highest BCUT2D eigenvalue weighted by Crippen LogP contribution is 2.37. The molecular formula is C29H35IN2O7. The number of amides is 2. The van der Waals surface area contributed by atoms with Crippen molar-refractivity contribution in [3.63, 3.8) is 0 Å². The standard InChI is InChI=1S/C29H35IN2O7/c1-3-4-10-26(35)32(17-19-8-6-5-7-9-19)23-15-21(29(37)31-11-12-33)16-24(27(23)36)39-28-22(30)13-20(18-34)14-25(28)38-2/h5-9,13-14,16,18,23-24,27,33,36H,3-4,10-12,15,17H2,1-2H3,(H,31,37)/t23-,24+,27+/m1/s1. The topological polar surface area (TPSA) is 125 Å². The predicted molar refractivity (Wildman–Crippen MR) is 155 cm³/mol. The van der Waals surface area contributed by atoms with Gasteiger partial charge in [0.2, 0.25) is 11.8 Å². The fourth-order valence-corrected chi connectivity index (χ4v) is 5.23. The fourth-order valence-electron chi connectivity index (χ4n) is 4.48. The average Bonchev–Trinajstić information content (AvgIpc) is 2.95. The Bertz CT molecular complexity index is 1170. The molecule has 9 nitrogen and oxygen atoms in total. The molecule has 0 saturated carbocycles. The van der Waals surface area contributed by atoms with E-state index in [0.29, 0.717) is 45.3 Å². The highest BCUT2D eigenvalue weighted by atomic mass is 127. The lowest BCUT2D eigenvalue weighted by atomic mass is 9.87. The van der Waals surface area contributed by atoms with Gasteiger partial charge in [-0.05, 0) is 52.8 Å². The molecule has 0 radical (unpaired) electrons. The maximum atomic E-state index is 13.5. The third-order valence-electron chi connectivity index (χ3n) is 6.52. The van der Waals surface area contributed by atoms with E-state index in [2.05, 4.69) is 5.32 Å². The number of halogens is 1. The van der Waals surface area contributed by atoms with Gasteiger partial charge in [0.25, 0.3) is 0 Å². The molecule has 0 fully saturated rings. The number of nitrogens with one attached hydrogen (secondary N) is 1. The van der Waals surface area contributed by atoms with Crippen molar-refractivity contribution in [1.82, 2.24) is 10.2 Å². The van der Waals surface area contributed by atoms with Gasteiger partial charge >= 0.3 is 0 Å². The highest BCUT2D eigenvalue weighted by Gasteiger charge is 2.40. The minimum absolute atomic E-state index is 0.0664. The number of nitrogens with zero attached hydrogens (tertiary/aromatic N) is 1. The van der Waals surface area contributed by atoms with Crippen molar-refractivity contribution in [3.8, 4) is 11.5 Å². The number of aliphatic hydroxyl groups is 2. The summed E-state index contributed by atoms with van der Waals surface area (Å²) in [6, 6.07) is 11.9. The number of aliphatic hydroxyl groups excluding tert-OH is 2. The number of rotatable bonds is 13. The maximum Gasteiger partial charge on any atom is 0.247 e. The summed E-state index contributed by atoms with van der Waals surface area (Å²) in [5.74, 6) is 0.0843. The SMILES string of the molecule is CCCCC(=O)N(Cc1ccccc1)[C@@H]1CC(C(=O)NCCO)=C[C@H](Oc2c(I)cc(C=O)cc2OC)[C@H]1O. The summed E-state index contributed by atoms with van der Waals surface area (Å²) < 4.78 is 12.3. The quantitative estimate of drug-likeness (QED) is 0.225. The maximum absolute atomic E-state index is 13.5. The molecule has 39 heavy (non-hydrogen) atoms. The van der Waals surface area contributed by atoms with Crippen molar-refractivity contribution in [2.24, 2.45) is 0 Å². The first kappa shape index (κ1) is 30.6. The van der Waals surface area contributed by atoms with Crippen LogP contribution in [0.3, 0.4) is 0 Å². The minimum Gasteiger partial charge on any atom is -0.493 e. The number of benzene rings is 2. The van der Waals surface area contributed by atoms with Gasteiger partial charge < -0.3 is 29.9 Å². The molecule has 0 saturated heterocycles. The molecule has 3 N–H and O–H groups in total. The van der Waals surface area contributed by atoms with Crippen molar-refractivity contribution >= 4 is 40.7 Å². The molecule has 3 rings (SSSR count). The Labute approximate surface area is 242 Å². The summed E-state index contributed by atoms with van der Waals surface area (Å²) in [4.78, 5) is 39.4. The molecular weight excluding hydrogens is 615 g/mol. The Morgan fingerprint density at radius 1 is 1.23 bits per heavy atom. The van der Waals surface area contributed by atoms with Crippen molar-refractivity contribution < 1.29 is 34.1 Å². The zero-order valence-electron chi connectivity index (χ0n) is 22.1. The molecule has 1 aliphatic rings. The molecule has 0 unspecified atom stereocenters. The van der Waals surface area contributed by atoms with E-state index in [9.17, 15) is 24.6 Å². The summed E-state index contributed by atoms with van der Waals surface area (Å²) in [6.07, 6.45) is 2.05. The van der Waals surface area contributed by atoms with Crippen LogP contribution in [0.4, 0.5) is 0 Å². The van der Waals surface area contributed by atoms with E-state index in [-0.39, 0.29) is 32.0 Å². The van der Waals surface area contributed by atoms with Crippen LogP contribution in [0, 0.1) is 3.57 Å². The summed E-state index contributed by atoms with van der Waals surface area (Å²) >= 11 is 2.02. The molecule has 2 aromatic carbocycles. The van der Waals surface area contributed by atoms with Crippen molar-refractivity contribution in [2.45, 2.75) is 57.4 Å². The molecule has 0 aromatic heterocycles. The van der Waals surface area contributed by atoms with Gasteiger partial charge in [0.15, 0.2) is 11.5 Å². The molecule has 2 amide bonds. The molecule has 0 heterocycles. The molecule has 10 heteroatoms. The first-order chi connectivity index (χ1) is 18.8. The smallest absolute Gasteiger partial charge is 0.247 e. The van der Waals surface area contributed by atoms with E-state index in [1.54, 1.807) is 17.0 Å². The first-order valence-electron chi connectivity index (χ1n) is 12.9. The van der Waals surface area contributed by atoms with Gasteiger partial charge in [-0.25, -0.2) is 0 Å². The fraction of sp³-hybridized carbons (Fsp3) is 0.414. The number of unbranched alkanes of at least 4 members (excludes halogenated alkanes) is 1. The van der Waals surface area contributed by atoms with Crippen LogP contribution >= 0.6 is 22.6 Å². The van der Waals surface area contributed by atoms with E-state index in [0.717, 1.165) is 12.0 Å². The van der Waals surface area contributed by atoms with Crippen molar-refractivity contribution in [1.29, 1.82) is 0 Å². The number of aldehydes is 1. The zero-order chi connectivity index (χ0) is 28.4. The van der Waals surface area contributed by atoms with Gasteiger partial charge in [-0.3, -0.25) is 14.4 Å². The third kappa shape index (κ3) is 8.02. The van der Waals surface area contributed by atoms with Gasteiger partial charge in [0.1, 0.15) is 18.5 Å². The van der Waals surface area contributed by atoms with E-state index in [1.807, 2.05) is 59.8 Å². The Morgan fingerprint density at radius 3 is 2.62 bits per heavy atom. The van der Waals surface area contributed by atoms with E-state index in [1.165, 1.54) is 13.2 Å². The summed E-state index contributed by atoms with van der Waals surface area (Å²) in [5.41, 5.74) is 1.64. The van der Waals surface area contributed by atoms with Gasteiger partial charge in [-0.1, -0.05) is 43.7 Å². The van der Waals surface area contributed by atoms with Crippen LogP contribution in [0.2, 0.25) is 0 Å². The lowest BCUT2D eigenvalue weighted by Crippen LogP contribution is -2.54. The first-order valence-corrected chi connectivity index (χ1v) is 14.0. The molecule has 0 bridgehead atoms. The lowest BCUT2D eigenvalue weighted by molar-refractivity contribution is -0.139. The van der Waals surface area contributed by atoms with Crippen LogP contribution in [-0.2, 0) is 16.1 Å². The third-order valence-corrected chi connectivity index (χ3v) is 7.32. The summed E-state index contributed by atoms with van der Waals surface area (Å²) in [7, 11) is 1.45. The normalized spacial score (nSPS) is 18.6. The number of carbonyl (C=O) groups is 3. The van der Waals surface area contributed by atoms with Crippen LogP contribution in [0.25, 0.3) is 0 Å². The molecule has 210 valence electrons. The average molecular weight is 651 g/mol. The Morgan fingerprint density at radius 2 is 1.97 bits per heavy atom. The second kappa shape index (κ2) is 15.0. The van der Waals surface area contributed by atoms with E-state index < -0.39 is 24.2 Å². The lowest BCUT2D eigenvalue weighted by Gasteiger charge is -2.41. The summed E-state index contributed by atoms with van der Waals surface area (Å²) in [5, 5.41) is 23.5. The van der Waals surface area contributed by atoms with Gasteiger partial charge in [0, 0.05) is 37.1 Å². The zero-order valence-corrected chi connectivity index (χ0v) is 24.3. The van der Waals surface area contributed by atoms with Crippen molar-refractivity contribution in [3.05, 3.63) is 68.8 Å². The number of hydrogen-bond acceptors (Lipinski definition) is 7. The Kier molecular flexibility index (Phi) is 11.8. The Balaban J connectivity index is 2.02. The minimum atomic E-state index is -1.17. The Hall–Kier alpha value is -2.96. The second-order valence-corrected chi connectivity index (χ2v) is 10.4. The monoisotopic (exact) mass is 650 g/mol. The number of ether oxygens (including phenoxy) is 2. The molecule has 3 atom stereocenters. The highest BCUT2D eigenvalue weighted by molar-refractivity contribution is 14.1. The van der Waals surface area contributed by atoms with Gasteiger partial charge in [-0.2, -0.15) is 0 Å². The molecule has 0 aliphatic heterocycles. The summed E-state index contributed by atoms with van der Waals surface area (Å²) in [6.45, 7) is 2.11. The van der Waals surface area contributed by atoms with Crippen LogP contribution in [0.5, 0.6) is 11.5 Å². The van der Waals surface area contributed by atoms with Crippen molar-refractivity contribution in [2.75, 3.05) is 20.3 Å². The van der Waals surface area contributed by atoms with Crippen LogP contribution < -0.4 is 14.8 Å². The molecule has 1 aliphatic carbocycles. The number of hydrogen-bond donors (Lipinski definition) is 3. The van der Waals surface area contributed by atoms with Crippen LogP contribution in [0.15, 0.2) is 54.1 Å². The van der Waals surface area contributed by atoms with Crippen LogP contribution in [0.1, 0.15) is 48.5 Å². The molecule has 0 spiro atoms. The van der Waals surface area contributed by atoms with Gasteiger partial charge in [0.05, 0.1) is 23.3 Å². The largest absolute Gasteiger partial charge is 0.493 e. The van der Waals surface area contributed by atoms with E-state index in [4.69, 9.17) is 9.47 Å².